The predicted molar refractivity (Wildman–Crippen MR) is 140 cm³/mol. The number of imidazole rings is 1. The Morgan fingerprint density at radius 2 is 1.71 bits per heavy atom. The number of benzene rings is 1. The van der Waals surface area contributed by atoms with Crippen LogP contribution in [0.4, 0.5) is 0 Å². The number of hydrogen-bond acceptors (Lipinski definition) is 5. The molecule has 6 nitrogen and oxygen atoms in total. The lowest BCUT2D eigenvalue weighted by Gasteiger charge is -2.55. The minimum absolute atomic E-state index is 0.0877. The molecule has 0 amide bonds. The first kappa shape index (κ1) is 24.2. The number of aliphatic hydroxyl groups is 1. The Balaban J connectivity index is 1.54. The van der Waals surface area contributed by atoms with Gasteiger partial charge in [-0.2, -0.15) is 0 Å². The van der Waals surface area contributed by atoms with Crippen LogP contribution in [-0.2, 0) is 11.0 Å². The first-order chi connectivity index (χ1) is 16.6. The molecular formula is C29H39N5O. The summed E-state index contributed by atoms with van der Waals surface area (Å²) >= 11 is 0. The highest BCUT2D eigenvalue weighted by molar-refractivity contribution is 5.45. The van der Waals surface area contributed by atoms with E-state index in [4.69, 9.17) is 4.98 Å². The van der Waals surface area contributed by atoms with E-state index in [1.807, 2.05) is 18.7 Å². The van der Waals surface area contributed by atoms with E-state index in [1.165, 1.54) is 5.56 Å². The fourth-order valence-electron chi connectivity index (χ4n) is 6.12. The molecule has 2 fully saturated rings. The van der Waals surface area contributed by atoms with Crippen LogP contribution in [0.3, 0.4) is 0 Å². The maximum absolute atomic E-state index is 12.5. The van der Waals surface area contributed by atoms with Gasteiger partial charge in [-0.05, 0) is 56.1 Å². The molecule has 1 atom stereocenters. The molecule has 3 aromatic rings. The highest BCUT2D eigenvalue weighted by atomic mass is 16.3. The third-order valence-corrected chi connectivity index (χ3v) is 8.45. The van der Waals surface area contributed by atoms with E-state index in [1.54, 1.807) is 0 Å². The molecule has 2 aromatic heterocycles. The molecule has 5 rings (SSSR count). The zero-order chi connectivity index (χ0) is 24.8. The quantitative estimate of drug-likeness (QED) is 0.561. The third kappa shape index (κ3) is 4.11. The van der Waals surface area contributed by atoms with Crippen molar-refractivity contribution >= 4 is 0 Å². The van der Waals surface area contributed by atoms with Crippen molar-refractivity contribution in [2.45, 2.75) is 57.5 Å². The number of rotatable bonds is 6. The standard InChI is InChI=1S/C29H39N5O/c1-21(2)22-6-8-23(9-7-22)29(35,28(4)18-33(5)19-28)24-14-25(16-31-15-24)34-17-26(32-20-34)27(3)10-12-30-13-11-27/h6-9,14-17,20-21,30,35H,10-13,18-19H2,1-5H3/t29-/m0/s1. The Morgan fingerprint density at radius 3 is 2.34 bits per heavy atom. The van der Waals surface area contributed by atoms with E-state index in [0.717, 1.165) is 61.5 Å². The zero-order valence-electron chi connectivity index (χ0n) is 21.8. The Kier molecular flexibility index (Phi) is 6.10. The number of nitrogens with one attached hydrogen (secondary N) is 1. The van der Waals surface area contributed by atoms with E-state index in [0.29, 0.717) is 5.92 Å². The fourth-order valence-corrected chi connectivity index (χ4v) is 6.12. The second kappa shape index (κ2) is 8.84. The molecule has 0 aliphatic carbocycles. The molecule has 4 heterocycles. The van der Waals surface area contributed by atoms with Gasteiger partial charge in [0.1, 0.15) is 5.60 Å². The van der Waals surface area contributed by atoms with Crippen LogP contribution in [0.1, 0.15) is 68.8 Å². The largest absolute Gasteiger partial charge is 0.380 e. The highest BCUT2D eigenvalue weighted by Gasteiger charge is 2.55. The van der Waals surface area contributed by atoms with Gasteiger partial charge < -0.3 is 19.9 Å². The van der Waals surface area contributed by atoms with Crippen molar-refractivity contribution in [2.75, 3.05) is 33.2 Å². The molecule has 0 unspecified atom stereocenters. The summed E-state index contributed by atoms with van der Waals surface area (Å²) in [7, 11) is 2.10. The number of likely N-dealkylation sites (tertiary alicyclic amines) is 1. The topological polar surface area (TPSA) is 66.2 Å². The molecule has 2 aliphatic heterocycles. The molecule has 1 aromatic carbocycles. The lowest BCUT2D eigenvalue weighted by Crippen LogP contribution is -2.63. The maximum atomic E-state index is 12.5. The molecule has 0 bridgehead atoms. The fraction of sp³-hybridized carbons (Fsp3) is 0.517. The first-order valence-corrected chi connectivity index (χ1v) is 12.9. The molecule has 0 spiro atoms. The average Bonchev–Trinajstić information content (AvgIpc) is 3.35. The summed E-state index contributed by atoms with van der Waals surface area (Å²) in [5.41, 5.74) is 3.69. The Hall–Kier alpha value is -2.54. The van der Waals surface area contributed by atoms with Crippen LogP contribution in [0.2, 0.25) is 0 Å². The SMILES string of the molecule is CC(C)c1ccc([C@](O)(c2cncc(-n3cnc(C4(C)CCNCC4)c3)c2)C2(C)CN(C)C2)cc1. The second-order valence-corrected chi connectivity index (χ2v) is 11.6. The van der Waals surface area contributed by atoms with Crippen LogP contribution in [-0.4, -0.2) is 57.8 Å². The van der Waals surface area contributed by atoms with Crippen molar-refractivity contribution in [1.82, 2.24) is 24.8 Å². The zero-order valence-corrected chi connectivity index (χ0v) is 21.8. The third-order valence-electron chi connectivity index (χ3n) is 8.45. The van der Waals surface area contributed by atoms with Crippen LogP contribution in [0, 0.1) is 5.41 Å². The highest BCUT2D eigenvalue weighted by Crippen LogP contribution is 2.50. The van der Waals surface area contributed by atoms with Crippen LogP contribution in [0.5, 0.6) is 0 Å². The summed E-state index contributed by atoms with van der Waals surface area (Å²) in [5, 5.41) is 16.0. The van der Waals surface area contributed by atoms with E-state index in [2.05, 4.69) is 91.0 Å². The number of piperidine rings is 1. The van der Waals surface area contributed by atoms with E-state index < -0.39 is 5.60 Å². The van der Waals surface area contributed by atoms with E-state index in [9.17, 15) is 5.11 Å². The maximum Gasteiger partial charge on any atom is 0.124 e. The predicted octanol–water partition coefficient (Wildman–Crippen LogP) is 4.22. The van der Waals surface area contributed by atoms with Crippen molar-refractivity contribution in [3.8, 4) is 5.69 Å². The van der Waals surface area contributed by atoms with Crippen molar-refractivity contribution in [3.05, 3.63) is 77.6 Å². The van der Waals surface area contributed by atoms with Gasteiger partial charge in [0.05, 0.1) is 23.9 Å². The average molecular weight is 474 g/mol. The monoisotopic (exact) mass is 473 g/mol. The molecule has 186 valence electrons. The summed E-state index contributed by atoms with van der Waals surface area (Å²) in [6.45, 7) is 12.6. The van der Waals surface area contributed by atoms with Gasteiger partial charge in [0.25, 0.3) is 0 Å². The van der Waals surface area contributed by atoms with Crippen LogP contribution in [0.15, 0.2) is 55.2 Å². The van der Waals surface area contributed by atoms with Gasteiger partial charge in [0, 0.05) is 41.9 Å². The molecule has 2 N–H and O–H groups in total. The normalized spacial score (nSPS) is 21.5. The first-order valence-electron chi connectivity index (χ1n) is 12.9. The van der Waals surface area contributed by atoms with Gasteiger partial charge >= 0.3 is 0 Å². The Morgan fingerprint density at radius 1 is 1.03 bits per heavy atom. The molecule has 35 heavy (non-hydrogen) atoms. The van der Waals surface area contributed by atoms with E-state index >= 15 is 0 Å². The number of nitrogens with zero attached hydrogens (tertiary/aromatic N) is 4. The van der Waals surface area contributed by atoms with Crippen molar-refractivity contribution < 1.29 is 5.11 Å². The molecule has 2 aliphatic rings. The van der Waals surface area contributed by atoms with Gasteiger partial charge in [-0.25, -0.2) is 4.98 Å². The molecule has 0 saturated carbocycles. The summed E-state index contributed by atoms with van der Waals surface area (Å²) in [6, 6.07) is 10.6. The van der Waals surface area contributed by atoms with Crippen molar-refractivity contribution in [3.63, 3.8) is 0 Å². The molecule has 6 heteroatoms. The minimum atomic E-state index is -1.15. The summed E-state index contributed by atoms with van der Waals surface area (Å²) in [5.74, 6) is 0.449. The van der Waals surface area contributed by atoms with Crippen molar-refractivity contribution in [1.29, 1.82) is 0 Å². The second-order valence-electron chi connectivity index (χ2n) is 11.6. The van der Waals surface area contributed by atoms with Gasteiger partial charge in [-0.1, -0.05) is 52.0 Å². The van der Waals surface area contributed by atoms with Crippen LogP contribution < -0.4 is 5.32 Å². The van der Waals surface area contributed by atoms with Gasteiger partial charge in [-0.3, -0.25) is 4.98 Å². The van der Waals surface area contributed by atoms with Crippen LogP contribution >= 0.6 is 0 Å². The number of pyridine rings is 1. The van der Waals surface area contributed by atoms with Gasteiger partial charge in [-0.15, -0.1) is 0 Å². The van der Waals surface area contributed by atoms with Gasteiger partial charge in [0.2, 0.25) is 0 Å². The number of aromatic nitrogens is 3. The number of hydrogen-bond donors (Lipinski definition) is 2. The molecule has 2 saturated heterocycles. The summed E-state index contributed by atoms with van der Waals surface area (Å²) < 4.78 is 2.05. The minimum Gasteiger partial charge on any atom is -0.380 e. The Labute approximate surface area is 209 Å². The molecule has 0 radical (unpaired) electrons. The van der Waals surface area contributed by atoms with Crippen molar-refractivity contribution in [2.24, 2.45) is 5.41 Å². The summed E-state index contributed by atoms with van der Waals surface area (Å²) in [6.07, 6.45) is 9.88. The van der Waals surface area contributed by atoms with Crippen LogP contribution in [0.25, 0.3) is 5.69 Å². The van der Waals surface area contributed by atoms with E-state index in [-0.39, 0.29) is 10.8 Å². The Bertz CT molecular complexity index is 1170. The lowest BCUT2D eigenvalue weighted by molar-refractivity contribution is -0.127. The van der Waals surface area contributed by atoms with Gasteiger partial charge in [0.15, 0.2) is 0 Å². The lowest BCUT2D eigenvalue weighted by atomic mass is 9.62. The summed E-state index contributed by atoms with van der Waals surface area (Å²) in [4.78, 5) is 11.6. The molecular weight excluding hydrogens is 434 g/mol. The smallest absolute Gasteiger partial charge is 0.124 e.